The molecule has 0 saturated heterocycles. The molecule has 5 nitrogen and oxygen atoms in total. The number of H-pyrrole nitrogens is 1. The molecule has 2 amide bonds. The van der Waals surface area contributed by atoms with Crippen LogP contribution in [0, 0.1) is 0 Å². The van der Waals surface area contributed by atoms with Gasteiger partial charge in [-0.3, -0.25) is 0 Å². The molecule has 0 bridgehead atoms. The third-order valence-corrected chi connectivity index (χ3v) is 6.97. The number of amides is 2. The number of urea groups is 1. The Labute approximate surface area is 249 Å². The summed E-state index contributed by atoms with van der Waals surface area (Å²) in [5.74, 6) is 0.538. The first-order valence-electron chi connectivity index (χ1n) is 13.6. The Kier molecular flexibility index (Phi) is 8.84. The molecule has 1 aromatic heterocycles. The van der Waals surface area contributed by atoms with Gasteiger partial charge >= 0.3 is 18.4 Å². The largest absolute Gasteiger partial charge is 0.489 e. The lowest BCUT2D eigenvalue weighted by atomic mass is 10.1. The van der Waals surface area contributed by atoms with Gasteiger partial charge in [-0.2, -0.15) is 26.3 Å². The van der Waals surface area contributed by atoms with Crippen LogP contribution in [-0.2, 0) is 31.9 Å². The van der Waals surface area contributed by atoms with Crippen LogP contribution in [0.2, 0.25) is 0 Å². The van der Waals surface area contributed by atoms with Crippen molar-refractivity contribution in [2.75, 3.05) is 11.9 Å². The van der Waals surface area contributed by atoms with E-state index in [9.17, 15) is 31.1 Å². The second kappa shape index (κ2) is 12.7. The summed E-state index contributed by atoms with van der Waals surface area (Å²) in [6.07, 6.45) is -7.91. The van der Waals surface area contributed by atoms with Gasteiger partial charge in [0.25, 0.3) is 0 Å². The van der Waals surface area contributed by atoms with Gasteiger partial charge in [0.15, 0.2) is 0 Å². The molecule has 2 N–H and O–H groups in total. The van der Waals surface area contributed by atoms with Crippen LogP contribution in [0.5, 0.6) is 5.75 Å². The van der Waals surface area contributed by atoms with Crippen molar-refractivity contribution in [1.29, 1.82) is 0 Å². The van der Waals surface area contributed by atoms with Gasteiger partial charge in [0, 0.05) is 35.9 Å². The Morgan fingerprint density at radius 3 is 2.14 bits per heavy atom. The number of rotatable bonds is 9. The van der Waals surface area contributed by atoms with Crippen molar-refractivity contribution >= 4 is 22.6 Å². The molecule has 11 heteroatoms. The first-order chi connectivity index (χ1) is 21.0. The van der Waals surface area contributed by atoms with Crippen molar-refractivity contribution in [2.24, 2.45) is 0 Å². The third kappa shape index (κ3) is 7.71. The Morgan fingerprint density at radius 2 is 1.43 bits per heavy atom. The molecule has 5 aromatic rings. The summed E-state index contributed by atoms with van der Waals surface area (Å²) >= 11 is 0. The third-order valence-electron chi connectivity index (χ3n) is 6.97. The standard InChI is InChI=1S/C33H27F6N3O2/c34-32(35,36)25-16-26(33(37,38)39)18-27(17-25)41-31(43)42(14-13-24-19-40-30-12-5-4-11-29(24)30)20-23-9-6-10-28(15-23)44-21-22-7-2-1-3-8-22/h1-12,15-19,40H,13-14,20-21H2,(H,41,43). The molecule has 228 valence electrons. The van der Waals surface area contributed by atoms with E-state index in [0.717, 1.165) is 22.0 Å². The van der Waals surface area contributed by atoms with E-state index in [4.69, 9.17) is 4.74 Å². The molecule has 0 aliphatic carbocycles. The predicted octanol–water partition coefficient (Wildman–Crippen LogP) is 9.06. The maximum Gasteiger partial charge on any atom is 0.416 e. The number of carbonyl (C=O) groups is 1. The van der Waals surface area contributed by atoms with Gasteiger partial charge in [0.2, 0.25) is 0 Å². The van der Waals surface area contributed by atoms with Crippen molar-refractivity contribution in [3.05, 3.63) is 131 Å². The number of alkyl halides is 6. The molecular formula is C33H27F6N3O2. The van der Waals surface area contributed by atoms with Gasteiger partial charge in [-0.15, -0.1) is 0 Å². The van der Waals surface area contributed by atoms with Crippen molar-refractivity contribution in [3.63, 3.8) is 0 Å². The highest BCUT2D eigenvalue weighted by atomic mass is 19.4. The summed E-state index contributed by atoms with van der Waals surface area (Å²) in [5.41, 5.74) is -0.245. The van der Waals surface area contributed by atoms with E-state index in [1.54, 1.807) is 30.5 Å². The Balaban J connectivity index is 1.39. The van der Waals surface area contributed by atoms with Gasteiger partial charge in [0.05, 0.1) is 11.1 Å². The molecule has 1 heterocycles. The number of hydrogen-bond donors (Lipinski definition) is 2. The van der Waals surface area contributed by atoms with E-state index < -0.39 is 35.2 Å². The summed E-state index contributed by atoms with van der Waals surface area (Å²) in [6.45, 7) is 0.446. The number of aromatic amines is 1. The molecule has 0 fully saturated rings. The second-order valence-electron chi connectivity index (χ2n) is 10.2. The zero-order valence-electron chi connectivity index (χ0n) is 23.2. The smallest absolute Gasteiger partial charge is 0.416 e. The van der Waals surface area contributed by atoms with Gasteiger partial charge in [-0.1, -0.05) is 60.7 Å². The number of anilines is 1. The van der Waals surface area contributed by atoms with E-state index >= 15 is 0 Å². The maximum atomic E-state index is 13.5. The van der Waals surface area contributed by atoms with Crippen LogP contribution in [0.4, 0.5) is 36.8 Å². The first-order valence-corrected chi connectivity index (χ1v) is 13.6. The summed E-state index contributed by atoms with van der Waals surface area (Å²) < 4.78 is 86.5. The lowest BCUT2D eigenvalue weighted by Crippen LogP contribution is -2.36. The lowest BCUT2D eigenvalue weighted by Gasteiger charge is -2.24. The Bertz CT molecular complexity index is 1700. The predicted molar refractivity (Wildman–Crippen MR) is 155 cm³/mol. The van der Waals surface area contributed by atoms with E-state index in [0.29, 0.717) is 36.5 Å². The summed E-state index contributed by atoms with van der Waals surface area (Å²) in [4.78, 5) is 18.0. The van der Waals surface area contributed by atoms with E-state index in [1.165, 1.54) is 4.90 Å². The molecule has 0 spiro atoms. The van der Waals surface area contributed by atoms with Crippen LogP contribution in [-0.4, -0.2) is 22.5 Å². The van der Waals surface area contributed by atoms with Crippen LogP contribution >= 0.6 is 0 Å². The van der Waals surface area contributed by atoms with Gasteiger partial charge in [-0.05, 0) is 59.5 Å². The normalized spacial score (nSPS) is 11.9. The van der Waals surface area contributed by atoms with Gasteiger partial charge in [-0.25, -0.2) is 4.79 Å². The first kappa shape index (κ1) is 30.5. The van der Waals surface area contributed by atoms with Gasteiger partial charge < -0.3 is 19.9 Å². The van der Waals surface area contributed by atoms with Crippen molar-refractivity contribution in [1.82, 2.24) is 9.88 Å². The molecule has 44 heavy (non-hydrogen) atoms. The highest BCUT2D eigenvalue weighted by molar-refractivity contribution is 5.90. The second-order valence-corrected chi connectivity index (χ2v) is 10.2. The molecule has 0 unspecified atom stereocenters. The molecule has 0 aliphatic rings. The van der Waals surface area contributed by atoms with Crippen LogP contribution in [0.3, 0.4) is 0 Å². The quantitative estimate of drug-likeness (QED) is 0.163. The van der Waals surface area contributed by atoms with E-state index in [-0.39, 0.29) is 19.2 Å². The Morgan fingerprint density at radius 1 is 0.773 bits per heavy atom. The SMILES string of the molecule is O=C(Nc1cc(C(F)(F)F)cc(C(F)(F)F)c1)N(CCc1c[nH]c2ccccc12)Cc1cccc(OCc2ccccc2)c1. The fourth-order valence-corrected chi connectivity index (χ4v) is 4.77. The number of ether oxygens (including phenoxy) is 1. The minimum absolute atomic E-state index is 0.0157. The fraction of sp³-hybridized carbons (Fsp3) is 0.182. The monoisotopic (exact) mass is 611 g/mol. The molecule has 0 aliphatic heterocycles. The number of fused-ring (bicyclic) bond motifs is 1. The molecule has 0 saturated carbocycles. The van der Waals surface area contributed by atoms with Gasteiger partial charge in [0.1, 0.15) is 12.4 Å². The number of hydrogen-bond acceptors (Lipinski definition) is 2. The highest BCUT2D eigenvalue weighted by Gasteiger charge is 2.37. The zero-order valence-corrected chi connectivity index (χ0v) is 23.2. The topological polar surface area (TPSA) is 57.4 Å². The number of aromatic nitrogens is 1. The Hall–Kier alpha value is -4.93. The lowest BCUT2D eigenvalue weighted by molar-refractivity contribution is -0.143. The average Bonchev–Trinajstić information content (AvgIpc) is 3.41. The number of benzene rings is 4. The number of carbonyl (C=O) groups excluding carboxylic acids is 1. The molecule has 0 atom stereocenters. The molecule has 4 aromatic carbocycles. The van der Waals surface area contributed by atoms with Crippen LogP contribution < -0.4 is 10.1 Å². The molecule has 5 rings (SSSR count). The number of nitrogens with zero attached hydrogens (tertiary/aromatic N) is 1. The maximum absolute atomic E-state index is 13.5. The van der Waals surface area contributed by atoms with E-state index in [1.807, 2.05) is 54.6 Å². The summed E-state index contributed by atoms with van der Waals surface area (Å²) in [5, 5.41) is 3.21. The number of halogens is 6. The molecule has 0 radical (unpaired) electrons. The van der Waals surface area contributed by atoms with Crippen LogP contribution in [0.1, 0.15) is 27.8 Å². The fourth-order valence-electron chi connectivity index (χ4n) is 4.77. The van der Waals surface area contributed by atoms with E-state index in [2.05, 4.69) is 10.3 Å². The summed E-state index contributed by atoms with van der Waals surface area (Å²) in [7, 11) is 0. The number of nitrogens with one attached hydrogen (secondary N) is 2. The van der Waals surface area contributed by atoms with Crippen molar-refractivity contribution in [2.45, 2.75) is 31.9 Å². The summed E-state index contributed by atoms with van der Waals surface area (Å²) in [6, 6.07) is 24.2. The number of para-hydroxylation sites is 1. The molecular weight excluding hydrogens is 584 g/mol. The van der Waals surface area contributed by atoms with Crippen LogP contribution in [0.25, 0.3) is 10.9 Å². The average molecular weight is 612 g/mol. The van der Waals surface area contributed by atoms with Crippen LogP contribution in [0.15, 0.2) is 103 Å². The minimum atomic E-state index is -5.05. The minimum Gasteiger partial charge on any atom is -0.489 e. The van der Waals surface area contributed by atoms with Crippen molar-refractivity contribution in [3.8, 4) is 5.75 Å². The van der Waals surface area contributed by atoms with Crippen molar-refractivity contribution < 1.29 is 35.9 Å². The highest BCUT2D eigenvalue weighted by Crippen LogP contribution is 2.37. The zero-order chi connectivity index (χ0) is 31.3.